The van der Waals surface area contributed by atoms with E-state index in [-0.39, 0.29) is 12.2 Å². The number of hydrogen-bond acceptors (Lipinski definition) is 3. The highest BCUT2D eigenvalue weighted by molar-refractivity contribution is 5.83. The van der Waals surface area contributed by atoms with Gasteiger partial charge in [0.2, 0.25) is 0 Å². The maximum absolute atomic E-state index is 15.1. The maximum atomic E-state index is 15.1. The SMILES string of the molecule is N#Cc1ccc2nc(C3=C(F)C=C(c4ccc(C5CCC(CC(=O)O)CC5)cc4)CC3)[nH]c2c1. The Morgan fingerprint density at radius 3 is 2.56 bits per heavy atom. The van der Waals surface area contributed by atoms with E-state index in [4.69, 9.17) is 10.4 Å². The van der Waals surface area contributed by atoms with Gasteiger partial charge in [-0.1, -0.05) is 24.3 Å². The Bertz CT molecular complexity index is 1340. The number of fused-ring (bicyclic) bond motifs is 1. The molecule has 2 N–H and O–H groups in total. The monoisotopic (exact) mass is 455 g/mol. The Morgan fingerprint density at radius 1 is 1.12 bits per heavy atom. The van der Waals surface area contributed by atoms with Crippen LogP contribution in [-0.4, -0.2) is 21.0 Å². The summed E-state index contributed by atoms with van der Waals surface area (Å²) >= 11 is 0. The summed E-state index contributed by atoms with van der Waals surface area (Å²) in [5.41, 5.74) is 5.84. The highest BCUT2D eigenvalue weighted by atomic mass is 19.1. The predicted molar refractivity (Wildman–Crippen MR) is 129 cm³/mol. The molecule has 0 spiro atoms. The molecule has 5 rings (SSSR count). The van der Waals surface area contributed by atoms with E-state index in [2.05, 4.69) is 40.3 Å². The lowest BCUT2D eigenvalue weighted by molar-refractivity contribution is -0.138. The van der Waals surface area contributed by atoms with Crippen LogP contribution in [0.3, 0.4) is 0 Å². The first kappa shape index (κ1) is 22.1. The number of allylic oxidation sites excluding steroid dienone is 4. The zero-order chi connectivity index (χ0) is 23.7. The minimum Gasteiger partial charge on any atom is -0.481 e. The van der Waals surface area contributed by atoms with Crippen molar-refractivity contribution in [2.75, 3.05) is 0 Å². The maximum Gasteiger partial charge on any atom is 0.303 e. The third kappa shape index (κ3) is 4.51. The van der Waals surface area contributed by atoms with E-state index in [1.165, 1.54) is 5.56 Å². The van der Waals surface area contributed by atoms with Gasteiger partial charge in [0.1, 0.15) is 11.7 Å². The summed E-state index contributed by atoms with van der Waals surface area (Å²) in [5, 5.41) is 18.1. The normalized spacial score (nSPS) is 20.8. The van der Waals surface area contributed by atoms with Crippen LogP contribution in [0.25, 0.3) is 22.2 Å². The number of halogens is 1. The van der Waals surface area contributed by atoms with Gasteiger partial charge < -0.3 is 10.1 Å². The number of aliphatic carboxylic acids is 1. The molecule has 2 aliphatic rings. The van der Waals surface area contributed by atoms with Gasteiger partial charge in [-0.2, -0.15) is 5.26 Å². The quantitative estimate of drug-likeness (QED) is 0.446. The van der Waals surface area contributed by atoms with Crippen LogP contribution in [0.1, 0.15) is 73.4 Å². The number of rotatable bonds is 5. The third-order valence-electron chi connectivity index (χ3n) is 7.19. The Labute approximate surface area is 197 Å². The van der Waals surface area contributed by atoms with Gasteiger partial charge >= 0.3 is 5.97 Å². The molecule has 1 saturated carbocycles. The summed E-state index contributed by atoms with van der Waals surface area (Å²) in [6.07, 6.45) is 7.13. The van der Waals surface area contributed by atoms with Gasteiger partial charge in [0.15, 0.2) is 0 Å². The van der Waals surface area contributed by atoms with E-state index < -0.39 is 5.97 Å². The molecule has 0 atom stereocenters. The fraction of sp³-hybridized carbons (Fsp3) is 0.321. The Kier molecular flexibility index (Phi) is 6.02. The number of imidazole rings is 1. The first-order valence-electron chi connectivity index (χ1n) is 11.8. The smallest absolute Gasteiger partial charge is 0.303 e. The number of carbonyl (C=O) groups is 1. The molecule has 3 aromatic rings. The molecule has 1 fully saturated rings. The van der Waals surface area contributed by atoms with Crippen molar-refractivity contribution in [2.24, 2.45) is 5.92 Å². The standard InChI is InChI=1S/C28H26FN3O2/c29-24-15-22(10-11-23(24)28-31-25-12-3-18(16-30)13-26(25)32-28)21-8-6-20(7-9-21)19-4-1-17(2-5-19)14-27(33)34/h3,6-9,12-13,15,17,19H,1-2,4-5,10-11,14H2,(H,31,32)(H,33,34). The van der Waals surface area contributed by atoms with E-state index in [1.807, 2.05) is 0 Å². The Morgan fingerprint density at radius 2 is 1.88 bits per heavy atom. The minimum atomic E-state index is -0.702. The summed E-state index contributed by atoms with van der Waals surface area (Å²) < 4.78 is 15.1. The van der Waals surface area contributed by atoms with Crippen LogP contribution in [0.5, 0.6) is 0 Å². The molecule has 0 aliphatic heterocycles. The van der Waals surface area contributed by atoms with Crippen molar-refractivity contribution in [1.29, 1.82) is 5.26 Å². The fourth-order valence-electron chi connectivity index (χ4n) is 5.29. The number of nitriles is 1. The molecule has 0 unspecified atom stereocenters. The molecular weight excluding hydrogens is 429 g/mol. The molecule has 1 heterocycles. The predicted octanol–water partition coefficient (Wildman–Crippen LogP) is 6.74. The highest BCUT2D eigenvalue weighted by Gasteiger charge is 2.24. The van der Waals surface area contributed by atoms with Gasteiger partial charge in [-0.3, -0.25) is 4.79 Å². The van der Waals surface area contributed by atoms with Crippen LogP contribution < -0.4 is 0 Å². The summed E-state index contributed by atoms with van der Waals surface area (Å²) in [4.78, 5) is 18.6. The van der Waals surface area contributed by atoms with Crippen molar-refractivity contribution in [1.82, 2.24) is 9.97 Å². The largest absolute Gasteiger partial charge is 0.481 e. The molecule has 2 aliphatic carbocycles. The molecule has 2 aromatic carbocycles. The van der Waals surface area contributed by atoms with Crippen molar-refractivity contribution < 1.29 is 14.3 Å². The number of hydrogen-bond donors (Lipinski definition) is 2. The summed E-state index contributed by atoms with van der Waals surface area (Å²) in [6, 6.07) is 15.8. The zero-order valence-electron chi connectivity index (χ0n) is 18.9. The first-order valence-corrected chi connectivity index (χ1v) is 11.8. The topological polar surface area (TPSA) is 89.8 Å². The molecule has 5 nitrogen and oxygen atoms in total. The Hall–Kier alpha value is -3.72. The minimum absolute atomic E-state index is 0.274. The van der Waals surface area contributed by atoms with E-state index in [0.717, 1.165) is 54.3 Å². The molecule has 0 amide bonds. The third-order valence-corrected chi connectivity index (χ3v) is 7.19. The van der Waals surface area contributed by atoms with Crippen LogP contribution >= 0.6 is 0 Å². The zero-order valence-corrected chi connectivity index (χ0v) is 18.9. The molecule has 1 aromatic heterocycles. The number of nitrogens with zero attached hydrogens (tertiary/aromatic N) is 2. The number of nitrogens with one attached hydrogen (secondary N) is 1. The van der Waals surface area contributed by atoms with E-state index >= 15 is 4.39 Å². The number of H-pyrrole nitrogens is 1. The molecule has 0 radical (unpaired) electrons. The number of aromatic amines is 1. The van der Waals surface area contributed by atoms with Crippen LogP contribution in [0.15, 0.2) is 54.4 Å². The molecule has 34 heavy (non-hydrogen) atoms. The van der Waals surface area contributed by atoms with Crippen molar-refractivity contribution in [3.05, 3.63) is 76.9 Å². The van der Waals surface area contributed by atoms with Crippen molar-refractivity contribution in [3.63, 3.8) is 0 Å². The van der Waals surface area contributed by atoms with Crippen LogP contribution in [0, 0.1) is 17.2 Å². The fourth-order valence-corrected chi connectivity index (χ4v) is 5.29. The number of carboxylic acids is 1. The van der Waals surface area contributed by atoms with E-state index in [9.17, 15) is 4.79 Å². The van der Waals surface area contributed by atoms with Gasteiger partial charge in [0.05, 0.1) is 22.7 Å². The first-order chi connectivity index (χ1) is 16.5. The number of benzene rings is 2. The second kappa shape index (κ2) is 9.26. The second-order valence-electron chi connectivity index (χ2n) is 9.36. The number of carboxylic acid groups (broad SMARTS) is 1. The number of aromatic nitrogens is 2. The van der Waals surface area contributed by atoms with Crippen LogP contribution in [-0.2, 0) is 4.79 Å². The van der Waals surface area contributed by atoms with Gasteiger partial charge in [-0.05, 0) is 91.3 Å². The van der Waals surface area contributed by atoms with Crippen molar-refractivity contribution in [3.8, 4) is 6.07 Å². The molecule has 0 saturated heterocycles. The molecule has 0 bridgehead atoms. The van der Waals surface area contributed by atoms with Crippen molar-refractivity contribution in [2.45, 2.75) is 50.9 Å². The molecule has 6 heteroatoms. The van der Waals surface area contributed by atoms with E-state index in [0.29, 0.717) is 35.2 Å². The lowest BCUT2D eigenvalue weighted by Gasteiger charge is -2.28. The summed E-state index contributed by atoms with van der Waals surface area (Å²) in [7, 11) is 0. The van der Waals surface area contributed by atoms with Crippen molar-refractivity contribution >= 4 is 28.1 Å². The van der Waals surface area contributed by atoms with Crippen LogP contribution in [0.2, 0.25) is 0 Å². The second-order valence-corrected chi connectivity index (χ2v) is 9.36. The van der Waals surface area contributed by atoms with Gasteiger partial charge in [0, 0.05) is 12.0 Å². The van der Waals surface area contributed by atoms with E-state index in [1.54, 1.807) is 24.3 Å². The average molecular weight is 456 g/mol. The van der Waals surface area contributed by atoms with Gasteiger partial charge in [0.25, 0.3) is 0 Å². The van der Waals surface area contributed by atoms with Gasteiger partial charge in [-0.25, -0.2) is 9.37 Å². The average Bonchev–Trinajstić information content (AvgIpc) is 3.27. The lowest BCUT2D eigenvalue weighted by atomic mass is 9.77. The summed E-state index contributed by atoms with van der Waals surface area (Å²) in [6.45, 7) is 0. The Balaban J connectivity index is 1.30. The van der Waals surface area contributed by atoms with Gasteiger partial charge in [-0.15, -0.1) is 0 Å². The van der Waals surface area contributed by atoms with Crippen LogP contribution in [0.4, 0.5) is 4.39 Å². The summed E-state index contributed by atoms with van der Waals surface area (Å²) in [5.74, 6) is 0.307. The molecular formula is C28H26FN3O2. The highest BCUT2D eigenvalue weighted by Crippen LogP contribution is 2.39. The lowest BCUT2D eigenvalue weighted by Crippen LogP contribution is -2.16. The molecule has 172 valence electrons.